The van der Waals surface area contributed by atoms with Crippen LogP contribution >= 0.6 is 0 Å². The molecule has 0 aromatic carbocycles. The molecule has 0 unspecified atom stereocenters. The fourth-order valence-corrected chi connectivity index (χ4v) is 0.861. The summed E-state index contributed by atoms with van der Waals surface area (Å²) < 4.78 is 9.81. The molecular formula is C11H20O4. The predicted octanol–water partition coefficient (Wildman–Crippen LogP) is 1.92. The molecule has 0 radical (unpaired) electrons. The molecule has 0 N–H and O–H groups in total. The molecule has 0 fully saturated rings. The van der Waals surface area contributed by atoms with Crippen LogP contribution in [0.4, 0.5) is 0 Å². The summed E-state index contributed by atoms with van der Waals surface area (Å²) in [5.74, 6) is -0.504. The highest BCUT2D eigenvalue weighted by Gasteiger charge is 2.07. The molecule has 0 amide bonds. The van der Waals surface area contributed by atoms with E-state index in [1.54, 1.807) is 13.8 Å². The molecule has 0 aliphatic heterocycles. The largest absolute Gasteiger partial charge is 0.466 e. The van der Waals surface area contributed by atoms with Gasteiger partial charge in [0.25, 0.3) is 0 Å². The van der Waals surface area contributed by atoms with Gasteiger partial charge >= 0.3 is 11.9 Å². The van der Waals surface area contributed by atoms with Gasteiger partial charge in [0.15, 0.2) is 0 Å². The number of rotatable bonds is 7. The third-order valence-electron chi connectivity index (χ3n) is 1.72. The van der Waals surface area contributed by atoms with Crippen LogP contribution in [0.1, 0.15) is 40.0 Å². The van der Waals surface area contributed by atoms with Gasteiger partial charge in [-0.05, 0) is 6.42 Å². The number of esters is 2. The Morgan fingerprint density at radius 2 is 1.73 bits per heavy atom. The molecule has 0 saturated heterocycles. The number of hydrogen-bond donors (Lipinski definition) is 0. The van der Waals surface area contributed by atoms with Crippen molar-refractivity contribution in [2.75, 3.05) is 13.2 Å². The molecular weight excluding hydrogens is 196 g/mol. The van der Waals surface area contributed by atoms with Crippen LogP contribution in [0.2, 0.25) is 0 Å². The minimum absolute atomic E-state index is 0.104. The van der Waals surface area contributed by atoms with E-state index in [9.17, 15) is 9.59 Å². The van der Waals surface area contributed by atoms with Crippen molar-refractivity contribution in [3.63, 3.8) is 0 Å². The molecule has 15 heavy (non-hydrogen) atoms. The zero-order valence-electron chi connectivity index (χ0n) is 9.75. The van der Waals surface area contributed by atoms with E-state index >= 15 is 0 Å². The Bertz CT molecular complexity index is 199. The number of carbonyl (C=O) groups excluding carboxylic acids is 2. The SMILES string of the molecule is CCCC(=O)OCCCOC(=O)C(C)C. The second-order valence-electron chi connectivity index (χ2n) is 3.65. The number of ether oxygens (including phenoxy) is 2. The van der Waals surface area contributed by atoms with Crippen molar-refractivity contribution in [3.8, 4) is 0 Å². The average Bonchev–Trinajstić information content (AvgIpc) is 2.17. The van der Waals surface area contributed by atoms with Crippen LogP contribution in [0.3, 0.4) is 0 Å². The second kappa shape index (κ2) is 8.26. The topological polar surface area (TPSA) is 52.6 Å². The van der Waals surface area contributed by atoms with Crippen LogP contribution < -0.4 is 0 Å². The summed E-state index contributed by atoms with van der Waals surface area (Å²) in [6.07, 6.45) is 1.81. The van der Waals surface area contributed by atoms with Gasteiger partial charge in [-0.1, -0.05) is 20.8 Å². The maximum Gasteiger partial charge on any atom is 0.308 e. The standard InChI is InChI=1S/C11H20O4/c1-4-6-10(12)14-7-5-8-15-11(13)9(2)3/h9H,4-8H2,1-3H3. The van der Waals surface area contributed by atoms with Gasteiger partial charge in [-0.15, -0.1) is 0 Å². The summed E-state index contributed by atoms with van der Waals surface area (Å²) in [7, 11) is 0. The maximum atomic E-state index is 11.0. The molecule has 88 valence electrons. The van der Waals surface area contributed by atoms with Crippen LogP contribution in [-0.2, 0) is 19.1 Å². The van der Waals surface area contributed by atoms with E-state index in [4.69, 9.17) is 9.47 Å². The molecule has 0 aliphatic rings. The first-order valence-electron chi connectivity index (χ1n) is 5.40. The first kappa shape index (κ1) is 13.9. The highest BCUT2D eigenvalue weighted by molar-refractivity contribution is 5.71. The molecule has 0 aromatic rings. The van der Waals surface area contributed by atoms with Crippen molar-refractivity contribution in [2.45, 2.75) is 40.0 Å². The predicted molar refractivity (Wildman–Crippen MR) is 56.3 cm³/mol. The Labute approximate surface area is 90.9 Å². The Balaban J connectivity index is 3.32. The highest BCUT2D eigenvalue weighted by Crippen LogP contribution is 1.97. The van der Waals surface area contributed by atoms with E-state index in [0.29, 0.717) is 26.1 Å². The summed E-state index contributed by atoms with van der Waals surface area (Å²) in [4.78, 5) is 21.9. The third kappa shape index (κ3) is 7.97. The molecule has 0 bridgehead atoms. The van der Waals surface area contributed by atoms with E-state index in [1.807, 2.05) is 6.92 Å². The fourth-order valence-electron chi connectivity index (χ4n) is 0.861. The van der Waals surface area contributed by atoms with Gasteiger partial charge in [-0.3, -0.25) is 9.59 Å². The lowest BCUT2D eigenvalue weighted by Crippen LogP contribution is -2.14. The second-order valence-corrected chi connectivity index (χ2v) is 3.65. The zero-order valence-corrected chi connectivity index (χ0v) is 9.75. The van der Waals surface area contributed by atoms with Crippen LogP contribution in [0.15, 0.2) is 0 Å². The van der Waals surface area contributed by atoms with E-state index in [-0.39, 0.29) is 17.9 Å². The Morgan fingerprint density at radius 1 is 1.13 bits per heavy atom. The third-order valence-corrected chi connectivity index (χ3v) is 1.72. The van der Waals surface area contributed by atoms with Gasteiger partial charge in [0.2, 0.25) is 0 Å². The quantitative estimate of drug-likeness (QED) is 0.482. The molecule has 4 nitrogen and oxygen atoms in total. The van der Waals surface area contributed by atoms with Crippen molar-refractivity contribution in [1.29, 1.82) is 0 Å². The van der Waals surface area contributed by atoms with Gasteiger partial charge in [0.05, 0.1) is 19.1 Å². The van der Waals surface area contributed by atoms with Crippen molar-refractivity contribution < 1.29 is 19.1 Å². The molecule has 0 saturated carbocycles. The normalized spacial score (nSPS) is 10.1. The monoisotopic (exact) mass is 216 g/mol. The van der Waals surface area contributed by atoms with Crippen LogP contribution in [0, 0.1) is 5.92 Å². The van der Waals surface area contributed by atoms with Crippen LogP contribution in [-0.4, -0.2) is 25.2 Å². The van der Waals surface area contributed by atoms with Gasteiger partial charge in [0, 0.05) is 12.8 Å². The van der Waals surface area contributed by atoms with E-state index in [0.717, 1.165) is 6.42 Å². The summed E-state index contributed by atoms with van der Waals surface area (Å²) in [6.45, 7) is 6.12. The fraction of sp³-hybridized carbons (Fsp3) is 0.818. The maximum absolute atomic E-state index is 11.0. The molecule has 0 heterocycles. The molecule has 0 rings (SSSR count). The van der Waals surface area contributed by atoms with E-state index < -0.39 is 0 Å². The highest BCUT2D eigenvalue weighted by atomic mass is 16.5. The van der Waals surface area contributed by atoms with E-state index in [1.165, 1.54) is 0 Å². The lowest BCUT2D eigenvalue weighted by Gasteiger charge is -2.07. The Morgan fingerprint density at radius 3 is 2.27 bits per heavy atom. The molecule has 0 aromatic heterocycles. The van der Waals surface area contributed by atoms with Crippen molar-refractivity contribution in [2.24, 2.45) is 5.92 Å². The van der Waals surface area contributed by atoms with Gasteiger partial charge in [0.1, 0.15) is 0 Å². The van der Waals surface area contributed by atoms with Gasteiger partial charge in [-0.2, -0.15) is 0 Å². The summed E-state index contributed by atoms with van der Waals surface area (Å²) in [6, 6.07) is 0. The lowest BCUT2D eigenvalue weighted by atomic mass is 10.2. The van der Waals surface area contributed by atoms with Crippen molar-refractivity contribution in [3.05, 3.63) is 0 Å². The van der Waals surface area contributed by atoms with Crippen LogP contribution in [0.25, 0.3) is 0 Å². The summed E-state index contributed by atoms with van der Waals surface area (Å²) in [5.41, 5.74) is 0. The summed E-state index contributed by atoms with van der Waals surface area (Å²) >= 11 is 0. The van der Waals surface area contributed by atoms with Crippen LogP contribution in [0.5, 0.6) is 0 Å². The van der Waals surface area contributed by atoms with Gasteiger partial charge < -0.3 is 9.47 Å². The minimum Gasteiger partial charge on any atom is -0.466 e. The molecule has 4 heteroatoms. The Hall–Kier alpha value is -1.06. The minimum atomic E-state index is -0.213. The average molecular weight is 216 g/mol. The molecule has 0 atom stereocenters. The van der Waals surface area contributed by atoms with Crippen molar-refractivity contribution >= 4 is 11.9 Å². The molecule has 0 aliphatic carbocycles. The van der Waals surface area contributed by atoms with Gasteiger partial charge in [-0.25, -0.2) is 0 Å². The number of hydrogen-bond acceptors (Lipinski definition) is 4. The summed E-state index contributed by atoms with van der Waals surface area (Å²) in [5, 5.41) is 0. The zero-order chi connectivity index (χ0) is 11.7. The first-order chi connectivity index (χ1) is 7.07. The molecule has 0 spiro atoms. The first-order valence-corrected chi connectivity index (χ1v) is 5.40. The van der Waals surface area contributed by atoms with E-state index in [2.05, 4.69) is 0 Å². The lowest BCUT2D eigenvalue weighted by molar-refractivity contribution is -0.148. The Kier molecular flexibility index (Phi) is 7.68. The smallest absolute Gasteiger partial charge is 0.308 e. The number of carbonyl (C=O) groups is 2. The van der Waals surface area contributed by atoms with Crippen molar-refractivity contribution in [1.82, 2.24) is 0 Å².